The van der Waals surface area contributed by atoms with E-state index in [1.807, 2.05) is 0 Å². The van der Waals surface area contributed by atoms with Crippen LogP contribution >= 0.6 is 11.3 Å². The van der Waals surface area contributed by atoms with Crippen LogP contribution < -0.4 is 9.46 Å². The molecule has 0 spiro atoms. The summed E-state index contributed by atoms with van der Waals surface area (Å²) in [5, 5.41) is 3.90. The summed E-state index contributed by atoms with van der Waals surface area (Å²) in [7, 11) is -2.40. The lowest BCUT2D eigenvalue weighted by molar-refractivity contribution is 0.417. The maximum atomic E-state index is 13.1. The number of hydrogen-bond acceptors (Lipinski definition) is 7. The number of sulfonamides is 1. The van der Waals surface area contributed by atoms with Crippen LogP contribution in [0.3, 0.4) is 0 Å². The SMILES string of the molecule is COc1ccccc1NS(=O)(=O)c1cc(-c2nc(-c3ccc(F)cc3)no2)sc1C. The zero-order chi connectivity index (χ0) is 21.3. The van der Waals surface area contributed by atoms with Crippen LogP contribution in [0.25, 0.3) is 22.2 Å². The number of halogens is 1. The van der Waals surface area contributed by atoms with Crippen LogP contribution in [0.15, 0.2) is 64.0 Å². The lowest BCUT2D eigenvalue weighted by atomic mass is 10.2. The van der Waals surface area contributed by atoms with Gasteiger partial charge in [0.25, 0.3) is 15.9 Å². The molecule has 0 saturated heterocycles. The maximum absolute atomic E-state index is 13.1. The Kier molecular flexibility index (Phi) is 5.27. The molecule has 0 radical (unpaired) electrons. The Labute approximate surface area is 176 Å². The van der Waals surface area contributed by atoms with E-state index in [9.17, 15) is 12.8 Å². The van der Waals surface area contributed by atoms with E-state index in [2.05, 4.69) is 14.9 Å². The molecule has 0 aliphatic heterocycles. The summed E-state index contributed by atoms with van der Waals surface area (Å²) in [4.78, 5) is 5.48. The van der Waals surface area contributed by atoms with Crippen molar-refractivity contribution in [2.75, 3.05) is 11.8 Å². The summed E-state index contributed by atoms with van der Waals surface area (Å²) in [5.74, 6) is 0.512. The van der Waals surface area contributed by atoms with E-state index in [0.29, 0.717) is 26.8 Å². The summed E-state index contributed by atoms with van der Waals surface area (Å²) in [6.07, 6.45) is 0. The quantitative estimate of drug-likeness (QED) is 0.461. The summed E-state index contributed by atoms with van der Waals surface area (Å²) in [5.41, 5.74) is 0.925. The summed E-state index contributed by atoms with van der Waals surface area (Å²) in [6.45, 7) is 1.70. The number of thiophene rings is 1. The van der Waals surface area contributed by atoms with Crippen LogP contribution in [-0.4, -0.2) is 25.7 Å². The average Bonchev–Trinajstić information content (AvgIpc) is 3.36. The molecule has 0 bridgehead atoms. The fourth-order valence-corrected chi connectivity index (χ4v) is 5.39. The highest BCUT2D eigenvalue weighted by molar-refractivity contribution is 7.93. The van der Waals surface area contributed by atoms with Crippen molar-refractivity contribution in [1.82, 2.24) is 10.1 Å². The molecular weight excluding hydrogens is 429 g/mol. The maximum Gasteiger partial charge on any atom is 0.268 e. The van der Waals surface area contributed by atoms with Gasteiger partial charge >= 0.3 is 0 Å². The Balaban J connectivity index is 1.64. The van der Waals surface area contributed by atoms with E-state index in [4.69, 9.17) is 9.26 Å². The number of aromatic nitrogens is 2. The van der Waals surface area contributed by atoms with Crippen LogP contribution in [0.2, 0.25) is 0 Å². The first kappa shape index (κ1) is 20.0. The number of nitrogens with one attached hydrogen (secondary N) is 1. The molecule has 10 heteroatoms. The number of hydrogen-bond donors (Lipinski definition) is 1. The van der Waals surface area contributed by atoms with E-state index in [-0.39, 0.29) is 22.4 Å². The van der Waals surface area contributed by atoms with Gasteiger partial charge in [-0.2, -0.15) is 4.98 Å². The molecular formula is C20H16FN3O4S2. The first-order chi connectivity index (χ1) is 14.4. The minimum Gasteiger partial charge on any atom is -0.495 e. The molecule has 0 fully saturated rings. The van der Waals surface area contributed by atoms with Gasteiger partial charge < -0.3 is 9.26 Å². The van der Waals surface area contributed by atoms with Gasteiger partial charge in [0, 0.05) is 10.4 Å². The van der Waals surface area contributed by atoms with Gasteiger partial charge in [-0.1, -0.05) is 17.3 Å². The largest absolute Gasteiger partial charge is 0.495 e. The van der Waals surface area contributed by atoms with E-state index >= 15 is 0 Å². The molecule has 0 saturated carbocycles. The zero-order valence-corrected chi connectivity index (χ0v) is 17.6. The smallest absolute Gasteiger partial charge is 0.268 e. The van der Waals surface area contributed by atoms with Crippen LogP contribution in [0, 0.1) is 12.7 Å². The minimum absolute atomic E-state index is 0.106. The third-order valence-corrected chi connectivity index (χ3v) is 6.91. The zero-order valence-electron chi connectivity index (χ0n) is 15.9. The molecule has 0 amide bonds. The Hall–Kier alpha value is -3.24. The van der Waals surface area contributed by atoms with Gasteiger partial charge in [-0.3, -0.25) is 4.72 Å². The van der Waals surface area contributed by atoms with Crippen LogP contribution in [0.1, 0.15) is 4.88 Å². The van der Waals surface area contributed by atoms with E-state index in [0.717, 1.165) is 0 Å². The molecule has 154 valence electrons. The molecule has 2 heterocycles. The van der Waals surface area contributed by atoms with Gasteiger partial charge in [0.2, 0.25) is 5.82 Å². The average molecular weight is 445 g/mol. The van der Waals surface area contributed by atoms with Gasteiger partial charge in [0.1, 0.15) is 16.5 Å². The summed E-state index contributed by atoms with van der Waals surface area (Å²) < 4.78 is 52.0. The summed E-state index contributed by atoms with van der Waals surface area (Å²) in [6, 6.07) is 13.9. The normalized spacial score (nSPS) is 11.4. The molecule has 0 aliphatic carbocycles. The lowest BCUT2D eigenvalue weighted by Gasteiger charge is -2.11. The highest BCUT2D eigenvalue weighted by Crippen LogP contribution is 2.35. The minimum atomic E-state index is -3.86. The summed E-state index contributed by atoms with van der Waals surface area (Å²) >= 11 is 1.22. The number of benzene rings is 2. The molecule has 0 unspecified atom stereocenters. The Bertz CT molecular complexity index is 1300. The topological polar surface area (TPSA) is 94.3 Å². The number of aryl methyl sites for hydroxylation is 1. The number of nitrogens with zero attached hydrogens (tertiary/aromatic N) is 2. The van der Waals surface area contributed by atoms with Crippen LogP contribution in [-0.2, 0) is 10.0 Å². The Morgan fingerprint density at radius 1 is 1.13 bits per heavy atom. The van der Waals surface area contributed by atoms with Crippen LogP contribution in [0.4, 0.5) is 10.1 Å². The second kappa shape index (κ2) is 7.88. The first-order valence-electron chi connectivity index (χ1n) is 8.73. The van der Waals surface area contributed by atoms with Gasteiger partial charge in [0.15, 0.2) is 0 Å². The van der Waals surface area contributed by atoms with Crippen molar-refractivity contribution < 1.29 is 22.1 Å². The molecule has 7 nitrogen and oxygen atoms in total. The Morgan fingerprint density at radius 3 is 2.60 bits per heavy atom. The number of ether oxygens (including phenoxy) is 1. The number of rotatable bonds is 6. The van der Waals surface area contributed by atoms with Crippen molar-refractivity contribution in [3.05, 3.63) is 65.3 Å². The van der Waals surface area contributed by atoms with Crippen molar-refractivity contribution in [2.24, 2.45) is 0 Å². The monoisotopic (exact) mass is 445 g/mol. The van der Waals surface area contributed by atoms with E-state index in [1.165, 1.54) is 48.8 Å². The van der Waals surface area contributed by atoms with Crippen molar-refractivity contribution in [3.63, 3.8) is 0 Å². The number of methoxy groups -OCH3 is 1. The molecule has 30 heavy (non-hydrogen) atoms. The van der Waals surface area contributed by atoms with Gasteiger partial charge in [-0.25, -0.2) is 12.8 Å². The fraction of sp³-hybridized carbons (Fsp3) is 0.100. The predicted molar refractivity (Wildman–Crippen MR) is 112 cm³/mol. The molecule has 1 N–H and O–H groups in total. The van der Waals surface area contributed by atoms with E-state index in [1.54, 1.807) is 31.2 Å². The van der Waals surface area contributed by atoms with Crippen molar-refractivity contribution in [3.8, 4) is 27.9 Å². The first-order valence-corrected chi connectivity index (χ1v) is 11.0. The molecule has 0 aliphatic rings. The van der Waals surface area contributed by atoms with Crippen LogP contribution in [0.5, 0.6) is 5.75 Å². The second-order valence-corrected chi connectivity index (χ2v) is 9.17. The van der Waals surface area contributed by atoms with Crippen molar-refractivity contribution in [1.29, 1.82) is 0 Å². The molecule has 4 aromatic rings. The third kappa shape index (κ3) is 3.91. The number of para-hydroxylation sites is 2. The highest BCUT2D eigenvalue weighted by atomic mass is 32.2. The molecule has 2 aromatic carbocycles. The lowest BCUT2D eigenvalue weighted by Crippen LogP contribution is -2.13. The second-order valence-electron chi connectivity index (χ2n) is 6.27. The standard InChI is InChI=1S/C20H16FN3O4S2/c1-12-18(30(25,26)24-15-5-3-4-6-16(15)27-2)11-17(29-12)20-22-19(23-28-20)13-7-9-14(21)10-8-13/h3-11,24H,1-2H3. The molecule has 2 aromatic heterocycles. The molecule has 0 atom stereocenters. The van der Waals surface area contributed by atoms with Crippen molar-refractivity contribution >= 4 is 27.0 Å². The molecule has 4 rings (SSSR count). The van der Waals surface area contributed by atoms with Gasteiger partial charge in [-0.05, 0) is 49.4 Å². The number of anilines is 1. The third-order valence-electron chi connectivity index (χ3n) is 4.25. The van der Waals surface area contributed by atoms with Gasteiger partial charge in [-0.15, -0.1) is 11.3 Å². The van der Waals surface area contributed by atoms with Gasteiger partial charge in [0.05, 0.1) is 17.7 Å². The highest BCUT2D eigenvalue weighted by Gasteiger charge is 2.24. The van der Waals surface area contributed by atoms with E-state index < -0.39 is 10.0 Å². The predicted octanol–water partition coefficient (Wildman–Crippen LogP) is 4.72. The Morgan fingerprint density at radius 2 is 1.87 bits per heavy atom. The van der Waals surface area contributed by atoms with Crippen molar-refractivity contribution in [2.45, 2.75) is 11.8 Å². The fourth-order valence-electron chi connectivity index (χ4n) is 2.81.